The van der Waals surface area contributed by atoms with Gasteiger partial charge in [-0.2, -0.15) is 0 Å². The molecule has 0 atom stereocenters. The molecule has 1 saturated heterocycles. The van der Waals surface area contributed by atoms with E-state index >= 15 is 0 Å². The van der Waals surface area contributed by atoms with Crippen LogP contribution in [0.25, 0.3) is 0 Å². The summed E-state index contributed by atoms with van der Waals surface area (Å²) in [5.74, 6) is 1.08. The van der Waals surface area contributed by atoms with Gasteiger partial charge in [-0.3, -0.25) is 0 Å². The second-order valence-electron chi connectivity index (χ2n) is 7.19. The van der Waals surface area contributed by atoms with Crippen molar-refractivity contribution in [2.75, 3.05) is 36.5 Å². The second kappa shape index (κ2) is 10.2. The monoisotopic (exact) mass is 355 g/mol. The van der Waals surface area contributed by atoms with E-state index in [1.807, 2.05) is 25.3 Å². The van der Waals surface area contributed by atoms with Crippen LogP contribution >= 0.6 is 0 Å². The number of hydrogen-bond acceptors (Lipinski definition) is 4. The molecule has 1 aliphatic rings. The highest BCUT2D eigenvalue weighted by atomic mass is 16.3. The highest BCUT2D eigenvalue weighted by Crippen LogP contribution is 2.23. The van der Waals surface area contributed by atoms with Gasteiger partial charge in [0.2, 0.25) is 0 Å². The van der Waals surface area contributed by atoms with Crippen molar-refractivity contribution < 1.29 is 5.11 Å². The Labute approximate surface area is 158 Å². The third-order valence-electron chi connectivity index (χ3n) is 4.66. The molecule has 1 aromatic heterocycles. The fourth-order valence-corrected chi connectivity index (χ4v) is 3.28. The lowest BCUT2D eigenvalue weighted by atomic mass is 10.1. The van der Waals surface area contributed by atoms with Crippen LogP contribution in [-0.2, 0) is 0 Å². The lowest BCUT2D eigenvalue weighted by molar-refractivity contribution is 0.334. The van der Waals surface area contributed by atoms with Gasteiger partial charge in [-0.1, -0.05) is 23.8 Å². The minimum Gasteiger partial charge on any atom is -0.392 e. The molecule has 142 valence electrons. The standard InChI is InChI=1S/C22H33N3O/c1-5-9-19(16-26)20(12-17(2)3)14-23-21-15-24-22(13-18(21)4)25-10-7-6-8-11-25/h5,9,12-13,15,23,26H,6-8,10-11,14,16H2,1-4H3/b9-5-,20-19-. The number of piperidine rings is 1. The molecule has 0 saturated carbocycles. The van der Waals surface area contributed by atoms with E-state index in [0.717, 1.165) is 35.7 Å². The number of aliphatic hydroxyl groups is 1. The fourth-order valence-electron chi connectivity index (χ4n) is 3.28. The number of allylic oxidation sites excluding steroid dienone is 2. The molecule has 0 bridgehead atoms. The van der Waals surface area contributed by atoms with E-state index in [9.17, 15) is 5.11 Å². The average molecular weight is 356 g/mol. The van der Waals surface area contributed by atoms with Crippen LogP contribution in [0.3, 0.4) is 0 Å². The Kier molecular flexibility index (Phi) is 7.92. The van der Waals surface area contributed by atoms with E-state index in [2.05, 4.69) is 48.1 Å². The molecular formula is C22H33N3O. The van der Waals surface area contributed by atoms with Crippen LogP contribution in [0.5, 0.6) is 0 Å². The Morgan fingerprint density at radius 1 is 1.23 bits per heavy atom. The first-order valence-electron chi connectivity index (χ1n) is 9.61. The summed E-state index contributed by atoms with van der Waals surface area (Å²) in [6, 6.07) is 2.18. The van der Waals surface area contributed by atoms with Crippen LogP contribution in [0.4, 0.5) is 11.5 Å². The fraction of sp³-hybridized carbons (Fsp3) is 0.500. The Bertz CT molecular complexity index is 679. The normalized spacial score (nSPS) is 15.8. The van der Waals surface area contributed by atoms with E-state index in [4.69, 9.17) is 0 Å². The average Bonchev–Trinajstić information content (AvgIpc) is 2.64. The van der Waals surface area contributed by atoms with Gasteiger partial charge in [0.25, 0.3) is 0 Å². The number of aliphatic hydroxyl groups excluding tert-OH is 1. The van der Waals surface area contributed by atoms with Crippen molar-refractivity contribution in [1.29, 1.82) is 0 Å². The SMILES string of the molecule is C/C=C\C(CO)=C(/C=C(C)C)CNc1cnc(N2CCCCC2)cc1C. The largest absolute Gasteiger partial charge is 0.392 e. The number of pyridine rings is 1. The summed E-state index contributed by atoms with van der Waals surface area (Å²) in [4.78, 5) is 7.05. The molecule has 4 heteroatoms. The smallest absolute Gasteiger partial charge is 0.128 e. The maximum atomic E-state index is 9.69. The van der Waals surface area contributed by atoms with E-state index in [0.29, 0.717) is 6.54 Å². The molecule has 1 aliphatic heterocycles. The highest BCUT2D eigenvalue weighted by Gasteiger charge is 2.13. The number of nitrogens with zero attached hydrogens (tertiary/aromatic N) is 2. The molecule has 0 amide bonds. The number of anilines is 2. The molecule has 2 heterocycles. The zero-order chi connectivity index (χ0) is 18.9. The number of aromatic nitrogens is 1. The lowest BCUT2D eigenvalue weighted by Crippen LogP contribution is -2.30. The number of aryl methyl sites for hydroxylation is 1. The van der Waals surface area contributed by atoms with Gasteiger partial charge in [-0.15, -0.1) is 0 Å². The summed E-state index contributed by atoms with van der Waals surface area (Å²) >= 11 is 0. The maximum absolute atomic E-state index is 9.69. The quantitative estimate of drug-likeness (QED) is 0.701. The zero-order valence-electron chi connectivity index (χ0n) is 16.7. The maximum Gasteiger partial charge on any atom is 0.128 e. The second-order valence-corrected chi connectivity index (χ2v) is 7.19. The molecule has 2 N–H and O–H groups in total. The minimum atomic E-state index is 0.0380. The van der Waals surface area contributed by atoms with Gasteiger partial charge in [-0.05, 0) is 69.7 Å². The molecule has 26 heavy (non-hydrogen) atoms. The van der Waals surface area contributed by atoms with Gasteiger partial charge in [0, 0.05) is 19.6 Å². The van der Waals surface area contributed by atoms with Crippen molar-refractivity contribution in [2.45, 2.75) is 47.0 Å². The number of rotatable bonds is 7. The highest BCUT2D eigenvalue weighted by molar-refractivity contribution is 5.56. The first-order valence-corrected chi connectivity index (χ1v) is 9.61. The Balaban J connectivity index is 2.14. The summed E-state index contributed by atoms with van der Waals surface area (Å²) in [6.07, 6.45) is 11.8. The summed E-state index contributed by atoms with van der Waals surface area (Å²) < 4.78 is 0. The molecule has 0 spiro atoms. The van der Waals surface area contributed by atoms with Gasteiger partial charge in [-0.25, -0.2) is 4.98 Å². The third-order valence-corrected chi connectivity index (χ3v) is 4.66. The van der Waals surface area contributed by atoms with E-state index in [1.165, 1.54) is 30.4 Å². The Morgan fingerprint density at radius 2 is 1.96 bits per heavy atom. The predicted molar refractivity (Wildman–Crippen MR) is 112 cm³/mol. The van der Waals surface area contributed by atoms with Crippen LogP contribution in [-0.4, -0.2) is 36.3 Å². The Hall–Kier alpha value is -2.07. The summed E-state index contributed by atoms with van der Waals surface area (Å²) in [6.45, 7) is 11.2. The van der Waals surface area contributed by atoms with Gasteiger partial charge < -0.3 is 15.3 Å². The molecule has 1 aromatic rings. The molecule has 0 radical (unpaired) electrons. The molecule has 0 unspecified atom stereocenters. The van der Waals surface area contributed by atoms with Gasteiger partial charge in [0.1, 0.15) is 5.82 Å². The topological polar surface area (TPSA) is 48.4 Å². The molecule has 1 fully saturated rings. The Morgan fingerprint density at radius 3 is 2.54 bits per heavy atom. The first-order chi connectivity index (χ1) is 12.5. The summed E-state index contributed by atoms with van der Waals surface area (Å²) in [7, 11) is 0. The first kappa shape index (κ1) is 20.2. The molecule has 0 aromatic carbocycles. The predicted octanol–water partition coefficient (Wildman–Crippen LogP) is 4.62. The van der Waals surface area contributed by atoms with Crippen LogP contribution < -0.4 is 10.2 Å². The minimum absolute atomic E-state index is 0.0380. The van der Waals surface area contributed by atoms with Crippen molar-refractivity contribution in [3.8, 4) is 0 Å². The molecule has 4 nitrogen and oxygen atoms in total. The van der Waals surface area contributed by atoms with Crippen molar-refractivity contribution in [1.82, 2.24) is 4.98 Å². The van der Waals surface area contributed by atoms with E-state index < -0.39 is 0 Å². The third kappa shape index (κ3) is 5.73. The van der Waals surface area contributed by atoms with Crippen molar-refractivity contribution in [2.24, 2.45) is 0 Å². The van der Waals surface area contributed by atoms with E-state index in [1.54, 1.807) is 0 Å². The van der Waals surface area contributed by atoms with E-state index in [-0.39, 0.29) is 6.61 Å². The number of nitrogens with one attached hydrogen (secondary N) is 1. The van der Waals surface area contributed by atoms with Crippen molar-refractivity contribution in [3.63, 3.8) is 0 Å². The number of hydrogen-bond donors (Lipinski definition) is 2. The van der Waals surface area contributed by atoms with Crippen LogP contribution in [0, 0.1) is 6.92 Å². The summed E-state index contributed by atoms with van der Waals surface area (Å²) in [5.41, 5.74) is 5.51. The molecule has 0 aliphatic carbocycles. The van der Waals surface area contributed by atoms with Gasteiger partial charge >= 0.3 is 0 Å². The van der Waals surface area contributed by atoms with Gasteiger partial charge in [0.05, 0.1) is 18.5 Å². The van der Waals surface area contributed by atoms with Crippen LogP contribution in [0.1, 0.15) is 45.6 Å². The van der Waals surface area contributed by atoms with Gasteiger partial charge in [0.15, 0.2) is 0 Å². The zero-order valence-corrected chi connectivity index (χ0v) is 16.7. The van der Waals surface area contributed by atoms with Crippen molar-refractivity contribution >= 4 is 11.5 Å². The van der Waals surface area contributed by atoms with Crippen LogP contribution in [0.15, 0.2) is 47.2 Å². The molecular weight excluding hydrogens is 322 g/mol. The summed E-state index contributed by atoms with van der Waals surface area (Å²) in [5, 5.41) is 13.2. The lowest BCUT2D eigenvalue weighted by Gasteiger charge is -2.28. The van der Waals surface area contributed by atoms with Crippen molar-refractivity contribution in [3.05, 3.63) is 52.8 Å². The van der Waals surface area contributed by atoms with Crippen LogP contribution in [0.2, 0.25) is 0 Å². The molecule has 2 rings (SSSR count).